The van der Waals surface area contributed by atoms with E-state index in [0.717, 1.165) is 24.0 Å². The molecule has 1 aromatic heterocycles. The smallest absolute Gasteiger partial charge is 0.339 e. The van der Waals surface area contributed by atoms with Crippen molar-refractivity contribution < 1.29 is 22.7 Å². The zero-order valence-corrected chi connectivity index (χ0v) is 16.1. The number of urea groups is 1. The first-order chi connectivity index (χ1) is 13.4. The van der Waals surface area contributed by atoms with E-state index in [1.54, 1.807) is 0 Å². The molecule has 0 aliphatic rings. The molecule has 11 heteroatoms. The van der Waals surface area contributed by atoms with Crippen LogP contribution in [-0.4, -0.2) is 37.7 Å². The molecule has 0 saturated carbocycles. The third kappa shape index (κ3) is 4.32. The number of amides is 2. The first kappa shape index (κ1) is 19.5. The molecule has 0 saturated heterocycles. The number of rotatable bonds is 5. The molecule has 0 fully saturated rings. The third-order valence-corrected chi connectivity index (χ3v) is 5.75. The van der Waals surface area contributed by atoms with E-state index in [4.69, 9.17) is 0 Å². The van der Waals surface area contributed by atoms with Gasteiger partial charge in [-0.25, -0.2) is 22.7 Å². The summed E-state index contributed by atoms with van der Waals surface area (Å²) in [6.07, 6.45) is 0. The number of nitrogens with one attached hydrogen (secondary N) is 2. The highest BCUT2D eigenvalue weighted by Gasteiger charge is 2.25. The standard InChI is InChI=1S/C17H14N4O5S2/c1-26-15(22)12-9-5-6-10-13(12)28(24,25)21-16(23)18-17-20-19-14(27-17)11-7-3-2-4-8-11/h2-10H,1H3,(H2,18,20,21,23). The zero-order chi connectivity index (χ0) is 20.1. The first-order valence-corrected chi connectivity index (χ1v) is 10.1. The van der Waals surface area contributed by atoms with Gasteiger partial charge in [-0.1, -0.05) is 53.8 Å². The van der Waals surface area contributed by atoms with Crippen molar-refractivity contribution >= 4 is 38.5 Å². The summed E-state index contributed by atoms with van der Waals surface area (Å²) in [5.74, 6) is -0.835. The molecule has 0 aliphatic heterocycles. The molecule has 3 aromatic rings. The van der Waals surface area contributed by atoms with Gasteiger partial charge in [-0.2, -0.15) is 0 Å². The molecule has 28 heavy (non-hydrogen) atoms. The van der Waals surface area contributed by atoms with E-state index in [1.807, 2.05) is 35.1 Å². The van der Waals surface area contributed by atoms with Crippen molar-refractivity contribution in [3.63, 3.8) is 0 Å². The van der Waals surface area contributed by atoms with Crippen LogP contribution in [0.4, 0.5) is 9.93 Å². The highest BCUT2D eigenvalue weighted by Crippen LogP contribution is 2.26. The first-order valence-electron chi connectivity index (χ1n) is 7.81. The highest BCUT2D eigenvalue weighted by molar-refractivity contribution is 7.90. The Labute approximate surface area is 164 Å². The Morgan fingerprint density at radius 2 is 1.68 bits per heavy atom. The van der Waals surface area contributed by atoms with E-state index in [0.29, 0.717) is 5.01 Å². The maximum atomic E-state index is 12.5. The van der Waals surface area contributed by atoms with E-state index in [1.165, 1.54) is 24.3 Å². The molecule has 9 nitrogen and oxygen atoms in total. The largest absolute Gasteiger partial charge is 0.465 e. The molecule has 0 unspecified atom stereocenters. The van der Waals surface area contributed by atoms with E-state index in [9.17, 15) is 18.0 Å². The summed E-state index contributed by atoms with van der Waals surface area (Å²) in [4.78, 5) is 23.5. The minimum absolute atomic E-state index is 0.118. The van der Waals surface area contributed by atoms with Crippen molar-refractivity contribution in [1.82, 2.24) is 14.9 Å². The lowest BCUT2D eigenvalue weighted by Gasteiger charge is -2.10. The van der Waals surface area contributed by atoms with E-state index in [2.05, 4.69) is 20.3 Å². The molecule has 3 rings (SSSR count). The minimum Gasteiger partial charge on any atom is -0.465 e. The summed E-state index contributed by atoms with van der Waals surface area (Å²) >= 11 is 1.08. The summed E-state index contributed by atoms with van der Waals surface area (Å²) in [5.41, 5.74) is 0.626. The second kappa shape index (κ2) is 8.15. The Morgan fingerprint density at radius 1 is 1.00 bits per heavy atom. The number of hydrogen-bond acceptors (Lipinski definition) is 8. The molecule has 0 spiro atoms. The van der Waals surface area contributed by atoms with Crippen molar-refractivity contribution in [2.24, 2.45) is 0 Å². The molecule has 2 aromatic carbocycles. The molecular formula is C17H14N4O5S2. The van der Waals surface area contributed by atoms with Gasteiger partial charge in [0.05, 0.1) is 12.7 Å². The number of nitrogens with zero attached hydrogens (tertiary/aromatic N) is 2. The summed E-state index contributed by atoms with van der Waals surface area (Å²) in [5, 5.41) is 10.8. The van der Waals surface area contributed by atoms with Gasteiger partial charge in [0.25, 0.3) is 10.0 Å². The number of esters is 1. The van der Waals surface area contributed by atoms with Crippen molar-refractivity contribution in [3.05, 3.63) is 60.2 Å². The van der Waals surface area contributed by atoms with Crippen LogP contribution in [-0.2, 0) is 14.8 Å². The molecule has 2 N–H and O–H groups in total. The van der Waals surface area contributed by atoms with Crippen LogP contribution in [0.1, 0.15) is 10.4 Å². The fourth-order valence-electron chi connectivity index (χ4n) is 2.25. The predicted molar refractivity (Wildman–Crippen MR) is 102 cm³/mol. The lowest BCUT2D eigenvalue weighted by molar-refractivity contribution is 0.0596. The van der Waals surface area contributed by atoms with Gasteiger partial charge in [-0.05, 0) is 12.1 Å². The summed E-state index contributed by atoms with van der Waals surface area (Å²) in [6.45, 7) is 0. The second-order valence-electron chi connectivity index (χ2n) is 5.33. The van der Waals surface area contributed by atoms with Crippen LogP contribution >= 0.6 is 11.3 Å². The number of ether oxygens (including phenoxy) is 1. The van der Waals surface area contributed by atoms with Crippen LogP contribution in [0.25, 0.3) is 10.6 Å². The number of aromatic nitrogens is 2. The second-order valence-corrected chi connectivity index (χ2v) is 7.95. The number of benzene rings is 2. The Balaban J connectivity index is 1.75. The molecular weight excluding hydrogens is 404 g/mol. The van der Waals surface area contributed by atoms with Crippen LogP contribution in [0.2, 0.25) is 0 Å². The third-order valence-electron chi connectivity index (χ3n) is 3.48. The molecule has 0 aliphatic carbocycles. The van der Waals surface area contributed by atoms with Crippen molar-refractivity contribution in [1.29, 1.82) is 0 Å². The fraction of sp³-hybridized carbons (Fsp3) is 0.0588. The minimum atomic E-state index is -4.32. The monoisotopic (exact) mass is 418 g/mol. The summed E-state index contributed by atoms with van der Waals surface area (Å²) < 4.78 is 31.4. The summed E-state index contributed by atoms with van der Waals surface area (Å²) in [7, 11) is -3.19. The predicted octanol–water partition coefficient (Wildman–Crippen LogP) is 2.50. The van der Waals surface area contributed by atoms with Crippen LogP contribution in [0.15, 0.2) is 59.5 Å². The fourth-order valence-corrected chi connectivity index (χ4v) is 4.10. The van der Waals surface area contributed by atoms with Gasteiger partial charge >= 0.3 is 12.0 Å². The normalized spacial score (nSPS) is 10.9. The van der Waals surface area contributed by atoms with Gasteiger partial charge in [0.15, 0.2) is 0 Å². The Bertz CT molecular complexity index is 1110. The molecule has 0 bridgehead atoms. The quantitative estimate of drug-likeness (QED) is 0.609. The van der Waals surface area contributed by atoms with Crippen LogP contribution in [0.3, 0.4) is 0 Å². The van der Waals surface area contributed by atoms with Gasteiger partial charge in [0.2, 0.25) is 5.13 Å². The number of hydrogen-bond donors (Lipinski definition) is 2. The number of methoxy groups -OCH3 is 1. The van der Waals surface area contributed by atoms with Gasteiger partial charge in [0.1, 0.15) is 9.90 Å². The number of sulfonamides is 1. The van der Waals surface area contributed by atoms with Gasteiger partial charge in [-0.15, -0.1) is 10.2 Å². The number of carbonyl (C=O) groups excluding carboxylic acids is 2. The maximum Gasteiger partial charge on any atom is 0.339 e. The van der Waals surface area contributed by atoms with Crippen LogP contribution in [0, 0.1) is 0 Å². The van der Waals surface area contributed by atoms with E-state index in [-0.39, 0.29) is 15.6 Å². The van der Waals surface area contributed by atoms with Gasteiger partial charge < -0.3 is 4.74 Å². The molecule has 1 heterocycles. The Hall–Kier alpha value is -3.31. The average Bonchev–Trinajstić information content (AvgIpc) is 3.16. The topological polar surface area (TPSA) is 127 Å². The SMILES string of the molecule is COC(=O)c1ccccc1S(=O)(=O)NC(=O)Nc1nnc(-c2ccccc2)s1. The maximum absolute atomic E-state index is 12.5. The molecule has 0 atom stereocenters. The Kier molecular flexibility index (Phi) is 5.66. The average molecular weight is 418 g/mol. The van der Waals surface area contributed by atoms with Gasteiger partial charge in [0, 0.05) is 5.56 Å². The van der Waals surface area contributed by atoms with E-state index >= 15 is 0 Å². The lowest BCUT2D eigenvalue weighted by atomic mass is 10.2. The van der Waals surface area contributed by atoms with E-state index < -0.39 is 22.0 Å². The Morgan fingerprint density at radius 3 is 2.39 bits per heavy atom. The van der Waals surface area contributed by atoms with Crippen LogP contribution < -0.4 is 10.0 Å². The molecule has 2 amide bonds. The summed E-state index contributed by atoms with van der Waals surface area (Å²) in [6, 6.07) is 13.5. The molecule has 0 radical (unpaired) electrons. The zero-order valence-electron chi connectivity index (χ0n) is 14.4. The van der Waals surface area contributed by atoms with Gasteiger partial charge in [-0.3, -0.25) is 5.32 Å². The van der Waals surface area contributed by atoms with Crippen LogP contribution in [0.5, 0.6) is 0 Å². The van der Waals surface area contributed by atoms with Crippen molar-refractivity contribution in [2.75, 3.05) is 12.4 Å². The number of carbonyl (C=O) groups is 2. The lowest BCUT2D eigenvalue weighted by Crippen LogP contribution is -2.35. The molecule has 144 valence electrons. The van der Waals surface area contributed by atoms with Crippen molar-refractivity contribution in [2.45, 2.75) is 4.90 Å². The van der Waals surface area contributed by atoms with Crippen molar-refractivity contribution in [3.8, 4) is 10.6 Å². The highest BCUT2D eigenvalue weighted by atomic mass is 32.2. The number of anilines is 1.